The van der Waals surface area contributed by atoms with Crippen molar-refractivity contribution < 1.29 is 0 Å². The Labute approximate surface area is 86.5 Å². The number of nitrogens with one attached hydrogen (secondary N) is 1. The van der Waals surface area contributed by atoms with Crippen LogP contribution >= 0.6 is 11.6 Å². The summed E-state index contributed by atoms with van der Waals surface area (Å²) in [5.41, 5.74) is 0.481. The largest absolute Gasteiger partial charge is 0.310 e. The molecular weight excluding hydrogens is 182 g/mol. The minimum atomic E-state index is 0.481. The normalized spacial score (nSPS) is 27.2. The van der Waals surface area contributed by atoms with Crippen molar-refractivity contribution in [1.82, 2.24) is 5.32 Å². The van der Waals surface area contributed by atoms with E-state index >= 15 is 0 Å². The molecule has 0 aliphatic heterocycles. The molecule has 0 saturated heterocycles. The van der Waals surface area contributed by atoms with Crippen molar-refractivity contribution in [3.05, 3.63) is 12.2 Å². The van der Waals surface area contributed by atoms with E-state index in [-0.39, 0.29) is 0 Å². The molecule has 13 heavy (non-hydrogen) atoms. The van der Waals surface area contributed by atoms with Gasteiger partial charge < -0.3 is 5.32 Å². The van der Waals surface area contributed by atoms with Crippen LogP contribution in [0.25, 0.3) is 0 Å². The lowest BCUT2D eigenvalue weighted by Gasteiger charge is -2.27. The minimum absolute atomic E-state index is 0.481. The molecule has 1 saturated carbocycles. The Bertz CT molecular complexity index is 175. The van der Waals surface area contributed by atoms with Crippen LogP contribution in [0.5, 0.6) is 0 Å². The molecule has 1 nitrogen and oxygen atoms in total. The van der Waals surface area contributed by atoms with Crippen LogP contribution in [0.3, 0.4) is 0 Å². The molecule has 1 N–H and O–H groups in total. The predicted molar refractivity (Wildman–Crippen MR) is 59.3 cm³/mol. The van der Waals surface area contributed by atoms with Gasteiger partial charge in [-0.15, -0.1) is 11.6 Å². The third-order valence-corrected chi connectivity index (χ3v) is 3.17. The minimum Gasteiger partial charge on any atom is -0.310 e. The fraction of sp³-hybridized carbons (Fsp3) is 0.818. The highest BCUT2D eigenvalue weighted by atomic mass is 35.5. The average molecular weight is 202 g/mol. The first kappa shape index (κ1) is 11.1. The Kier molecular flexibility index (Phi) is 4.27. The van der Waals surface area contributed by atoms with Crippen LogP contribution < -0.4 is 5.32 Å². The first-order valence-electron chi connectivity index (χ1n) is 5.11. The molecule has 0 amide bonds. The van der Waals surface area contributed by atoms with E-state index in [2.05, 4.69) is 25.2 Å². The lowest BCUT2D eigenvalue weighted by atomic mass is 9.87. The third kappa shape index (κ3) is 3.32. The summed E-state index contributed by atoms with van der Waals surface area (Å²) >= 11 is 5.54. The SMILES string of the molecule is CC1(C)CCCC1NC/C=C/CCl. The van der Waals surface area contributed by atoms with Gasteiger partial charge in [0, 0.05) is 18.5 Å². The average Bonchev–Trinajstić information content (AvgIpc) is 2.40. The van der Waals surface area contributed by atoms with Crippen LogP contribution in [0.2, 0.25) is 0 Å². The van der Waals surface area contributed by atoms with E-state index in [0.717, 1.165) is 6.54 Å². The first-order chi connectivity index (χ1) is 6.17. The highest BCUT2D eigenvalue weighted by molar-refractivity contribution is 6.18. The van der Waals surface area contributed by atoms with E-state index in [0.29, 0.717) is 17.3 Å². The van der Waals surface area contributed by atoms with Gasteiger partial charge in [0.05, 0.1) is 0 Å². The van der Waals surface area contributed by atoms with E-state index < -0.39 is 0 Å². The number of rotatable bonds is 4. The molecule has 0 aromatic rings. The highest BCUT2D eigenvalue weighted by Gasteiger charge is 2.33. The van der Waals surface area contributed by atoms with Crippen LogP contribution in [-0.4, -0.2) is 18.5 Å². The number of halogens is 1. The smallest absolute Gasteiger partial charge is 0.0404 e. The van der Waals surface area contributed by atoms with Gasteiger partial charge in [-0.25, -0.2) is 0 Å². The molecule has 1 rings (SSSR count). The molecule has 0 aromatic carbocycles. The van der Waals surface area contributed by atoms with Crippen molar-refractivity contribution in [3.8, 4) is 0 Å². The molecule has 1 atom stereocenters. The van der Waals surface area contributed by atoms with Crippen molar-refractivity contribution in [2.75, 3.05) is 12.4 Å². The van der Waals surface area contributed by atoms with Gasteiger partial charge in [0.1, 0.15) is 0 Å². The molecule has 1 fully saturated rings. The summed E-state index contributed by atoms with van der Waals surface area (Å²) in [4.78, 5) is 0. The third-order valence-electron chi connectivity index (χ3n) is 3.00. The van der Waals surface area contributed by atoms with Crippen molar-refractivity contribution >= 4 is 11.6 Å². The zero-order valence-electron chi connectivity index (χ0n) is 8.65. The molecule has 0 bridgehead atoms. The second-order valence-electron chi connectivity index (χ2n) is 4.47. The molecule has 76 valence electrons. The van der Waals surface area contributed by atoms with Crippen molar-refractivity contribution in [2.45, 2.75) is 39.2 Å². The molecule has 0 spiro atoms. The predicted octanol–water partition coefficient (Wildman–Crippen LogP) is 2.95. The van der Waals surface area contributed by atoms with E-state index in [9.17, 15) is 0 Å². The Hall–Kier alpha value is -0.0100. The Morgan fingerprint density at radius 2 is 2.23 bits per heavy atom. The van der Waals surface area contributed by atoms with Gasteiger partial charge in [-0.2, -0.15) is 0 Å². The topological polar surface area (TPSA) is 12.0 Å². The summed E-state index contributed by atoms with van der Waals surface area (Å²) in [6.07, 6.45) is 8.15. The van der Waals surface area contributed by atoms with Crippen molar-refractivity contribution in [2.24, 2.45) is 5.41 Å². The van der Waals surface area contributed by atoms with Gasteiger partial charge in [-0.05, 0) is 18.3 Å². The maximum absolute atomic E-state index is 5.54. The molecule has 0 heterocycles. The second kappa shape index (κ2) is 5.02. The van der Waals surface area contributed by atoms with E-state index in [1.807, 2.05) is 6.08 Å². The maximum atomic E-state index is 5.54. The summed E-state index contributed by atoms with van der Waals surface area (Å²) in [6, 6.07) is 0.687. The lowest BCUT2D eigenvalue weighted by molar-refractivity contribution is 0.291. The highest BCUT2D eigenvalue weighted by Crippen LogP contribution is 2.36. The van der Waals surface area contributed by atoms with E-state index in [1.54, 1.807) is 0 Å². The molecule has 1 aliphatic carbocycles. The summed E-state index contributed by atoms with van der Waals surface area (Å²) in [5.74, 6) is 0.621. The molecule has 0 radical (unpaired) electrons. The Morgan fingerprint density at radius 3 is 2.77 bits per heavy atom. The zero-order valence-corrected chi connectivity index (χ0v) is 9.40. The van der Waals surface area contributed by atoms with Crippen LogP contribution in [0.4, 0.5) is 0 Å². The van der Waals surface area contributed by atoms with Gasteiger partial charge in [-0.1, -0.05) is 32.4 Å². The Balaban J connectivity index is 2.25. The number of hydrogen-bond donors (Lipinski definition) is 1. The summed E-state index contributed by atoms with van der Waals surface area (Å²) in [6.45, 7) is 5.66. The van der Waals surface area contributed by atoms with Gasteiger partial charge >= 0.3 is 0 Å². The van der Waals surface area contributed by atoms with Gasteiger partial charge in [0.2, 0.25) is 0 Å². The van der Waals surface area contributed by atoms with Crippen molar-refractivity contribution in [3.63, 3.8) is 0 Å². The standard InChI is InChI=1S/C11H20ClN/c1-11(2)7-5-6-10(11)13-9-4-3-8-12/h3-4,10,13H,5-9H2,1-2H3/b4-3+. The van der Waals surface area contributed by atoms with Crippen LogP contribution in [0, 0.1) is 5.41 Å². The summed E-state index contributed by atoms with van der Waals surface area (Å²) < 4.78 is 0. The number of hydrogen-bond acceptors (Lipinski definition) is 1. The van der Waals surface area contributed by atoms with Crippen LogP contribution in [-0.2, 0) is 0 Å². The molecule has 1 aliphatic rings. The number of allylic oxidation sites excluding steroid dienone is 1. The van der Waals surface area contributed by atoms with Crippen LogP contribution in [0.15, 0.2) is 12.2 Å². The quantitative estimate of drug-likeness (QED) is 0.545. The van der Waals surface area contributed by atoms with E-state index in [4.69, 9.17) is 11.6 Å². The maximum Gasteiger partial charge on any atom is 0.0404 e. The monoisotopic (exact) mass is 201 g/mol. The van der Waals surface area contributed by atoms with Gasteiger partial charge in [0.15, 0.2) is 0 Å². The van der Waals surface area contributed by atoms with Gasteiger partial charge in [-0.3, -0.25) is 0 Å². The summed E-state index contributed by atoms with van der Waals surface area (Å²) in [7, 11) is 0. The fourth-order valence-corrected chi connectivity index (χ4v) is 2.19. The fourth-order valence-electron chi connectivity index (χ4n) is 2.06. The lowest BCUT2D eigenvalue weighted by Crippen LogP contribution is -2.37. The number of alkyl halides is 1. The Morgan fingerprint density at radius 1 is 1.46 bits per heavy atom. The molecule has 2 heteroatoms. The van der Waals surface area contributed by atoms with Crippen LogP contribution in [0.1, 0.15) is 33.1 Å². The second-order valence-corrected chi connectivity index (χ2v) is 4.78. The zero-order chi connectivity index (χ0) is 9.73. The molecule has 1 unspecified atom stereocenters. The summed E-state index contributed by atoms with van der Waals surface area (Å²) in [5, 5.41) is 3.56. The van der Waals surface area contributed by atoms with Gasteiger partial charge in [0.25, 0.3) is 0 Å². The molecular formula is C11H20ClN. The first-order valence-corrected chi connectivity index (χ1v) is 5.64. The molecule has 0 aromatic heterocycles. The van der Waals surface area contributed by atoms with E-state index in [1.165, 1.54) is 19.3 Å². The van der Waals surface area contributed by atoms with Crippen molar-refractivity contribution in [1.29, 1.82) is 0 Å².